The van der Waals surface area contributed by atoms with Gasteiger partial charge in [-0.1, -0.05) is 23.4 Å². The summed E-state index contributed by atoms with van der Waals surface area (Å²) in [6, 6.07) is 9.25. The predicted octanol–water partition coefficient (Wildman–Crippen LogP) is 2.60. The van der Waals surface area contributed by atoms with E-state index >= 15 is 0 Å². The van der Waals surface area contributed by atoms with Gasteiger partial charge in [0.05, 0.1) is 5.71 Å². The van der Waals surface area contributed by atoms with E-state index < -0.39 is 0 Å². The Kier molecular flexibility index (Phi) is 6.38. The number of oxime groups is 1. The first-order chi connectivity index (χ1) is 11.8. The zero-order valence-electron chi connectivity index (χ0n) is 15.0. The number of hydrogen-bond acceptors (Lipinski definition) is 4. The average Bonchev–Trinajstić information content (AvgIpc) is 2.54. The Morgan fingerprint density at radius 2 is 1.80 bits per heavy atom. The Bertz CT molecular complexity index is 613. The lowest BCUT2D eigenvalue weighted by Gasteiger charge is -2.27. The summed E-state index contributed by atoms with van der Waals surface area (Å²) < 4.78 is 0. The highest BCUT2D eigenvalue weighted by molar-refractivity contribution is 5.92. The summed E-state index contributed by atoms with van der Waals surface area (Å²) >= 11 is 0. The van der Waals surface area contributed by atoms with Gasteiger partial charge in [0.15, 0.2) is 6.61 Å². The van der Waals surface area contributed by atoms with E-state index in [1.165, 1.54) is 0 Å². The molecule has 2 rings (SSSR count). The lowest BCUT2D eigenvalue weighted by Crippen LogP contribution is -2.42. The minimum atomic E-state index is -0.287. The van der Waals surface area contributed by atoms with Gasteiger partial charge in [-0.05, 0) is 32.9 Å². The van der Waals surface area contributed by atoms with Crippen LogP contribution in [0.4, 0.5) is 10.5 Å². The third kappa shape index (κ3) is 6.82. The Hall–Kier alpha value is -2.57. The monoisotopic (exact) mass is 346 g/mol. The Morgan fingerprint density at radius 1 is 1.16 bits per heavy atom. The molecule has 0 aliphatic carbocycles. The highest BCUT2D eigenvalue weighted by Crippen LogP contribution is 2.11. The molecule has 1 aromatic rings. The van der Waals surface area contributed by atoms with Crippen LogP contribution in [0.3, 0.4) is 0 Å². The van der Waals surface area contributed by atoms with E-state index in [4.69, 9.17) is 4.84 Å². The van der Waals surface area contributed by atoms with Gasteiger partial charge in [0, 0.05) is 37.2 Å². The molecular weight excluding hydrogens is 320 g/mol. The van der Waals surface area contributed by atoms with Crippen LogP contribution in [0.1, 0.15) is 33.6 Å². The van der Waals surface area contributed by atoms with Crippen molar-refractivity contribution < 1.29 is 14.4 Å². The number of nitrogens with zero attached hydrogens (tertiary/aromatic N) is 2. The van der Waals surface area contributed by atoms with Gasteiger partial charge in [0.2, 0.25) is 0 Å². The van der Waals surface area contributed by atoms with Crippen molar-refractivity contribution in [2.75, 3.05) is 25.0 Å². The molecule has 2 N–H and O–H groups in total. The molecule has 0 aromatic heterocycles. The van der Waals surface area contributed by atoms with Crippen LogP contribution in [-0.2, 0) is 9.63 Å². The third-order valence-electron chi connectivity index (χ3n) is 3.56. The smallest absolute Gasteiger partial charge is 0.321 e. The van der Waals surface area contributed by atoms with Crippen molar-refractivity contribution in [2.24, 2.45) is 5.16 Å². The maximum absolute atomic E-state index is 12.2. The van der Waals surface area contributed by atoms with Crippen molar-refractivity contribution in [3.63, 3.8) is 0 Å². The molecule has 1 fully saturated rings. The molecule has 0 spiro atoms. The van der Waals surface area contributed by atoms with Crippen LogP contribution in [0.2, 0.25) is 0 Å². The van der Waals surface area contributed by atoms with Crippen molar-refractivity contribution in [2.45, 2.75) is 39.2 Å². The van der Waals surface area contributed by atoms with E-state index in [0.717, 1.165) is 11.4 Å². The first-order valence-electron chi connectivity index (χ1n) is 8.43. The molecule has 0 radical (unpaired) electrons. The summed E-state index contributed by atoms with van der Waals surface area (Å²) in [6.45, 7) is 6.79. The van der Waals surface area contributed by atoms with E-state index in [9.17, 15) is 9.59 Å². The van der Waals surface area contributed by atoms with Crippen molar-refractivity contribution >= 4 is 23.3 Å². The predicted molar refractivity (Wildman–Crippen MR) is 97.6 cm³/mol. The molecule has 0 atom stereocenters. The second kappa shape index (κ2) is 8.50. The first kappa shape index (κ1) is 18.8. The Labute approximate surface area is 148 Å². The van der Waals surface area contributed by atoms with Gasteiger partial charge in [-0.25, -0.2) is 4.79 Å². The van der Waals surface area contributed by atoms with E-state index in [0.29, 0.717) is 25.9 Å². The Balaban J connectivity index is 1.72. The second-order valence-electron chi connectivity index (χ2n) is 7.01. The number of para-hydroxylation sites is 1. The molecule has 7 heteroatoms. The molecule has 1 aliphatic heterocycles. The number of hydrogen-bond donors (Lipinski definition) is 2. The van der Waals surface area contributed by atoms with Crippen molar-refractivity contribution in [3.8, 4) is 0 Å². The minimum absolute atomic E-state index is 0.0982. The largest absolute Gasteiger partial charge is 0.386 e. The SMILES string of the molecule is CC(C)(C)NC(=O)CON=C1CCN(C(=O)Nc2ccccc2)CC1. The third-order valence-corrected chi connectivity index (χ3v) is 3.56. The fourth-order valence-corrected chi connectivity index (χ4v) is 2.42. The summed E-state index contributed by atoms with van der Waals surface area (Å²) in [5.41, 5.74) is 1.36. The molecule has 1 aliphatic rings. The zero-order chi connectivity index (χ0) is 18.3. The van der Waals surface area contributed by atoms with Crippen molar-refractivity contribution in [3.05, 3.63) is 30.3 Å². The van der Waals surface area contributed by atoms with Gasteiger partial charge < -0.3 is 20.4 Å². The number of urea groups is 1. The number of carbonyl (C=O) groups is 2. The molecular formula is C18H26N4O3. The van der Waals surface area contributed by atoms with Crippen molar-refractivity contribution in [1.82, 2.24) is 10.2 Å². The van der Waals surface area contributed by atoms with Crippen LogP contribution in [0.15, 0.2) is 35.5 Å². The molecule has 3 amide bonds. The van der Waals surface area contributed by atoms with E-state index in [-0.39, 0.29) is 24.1 Å². The number of rotatable bonds is 4. The highest BCUT2D eigenvalue weighted by Gasteiger charge is 2.20. The molecule has 7 nitrogen and oxygen atoms in total. The zero-order valence-corrected chi connectivity index (χ0v) is 15.0. The Morgan fingerprint density at radius 3 is 2.40 bits per heavy atom. The van der Waals surface area contributed by atoms with Gasteiger partial charge in [-0.15, -0.1) is 0 Å². The highest BCUT2D eigenvalue weighted by atomic mass is 16.6. The standard InChI is InChI=1S/C18H26N4O3/c1-18(2,3)20-16(23)13-25-21-15-9-11-22(12-10-15)17(24)19-14-7-5-4-6-8-14/h4-8H,9-13H2,1-3H3,(H,19,24)(H,20,23). The molecule has 1 aromatic carbocycles. The maximum atomic E-state index is 12.2. The van der Waals surface area contributed by atoms with Gasteiger partial charge >= 0.3 is 6.03 Å². The molecule has 0 saturated carbocycles. The van der Waals surface area contributed by atoms with E-state index in [1.54, 1.807) is 4.90 Å². The van der Waals surface area contributed by atoms with E-state index in [2.05, 4.69) is 15.8 Å². The van der Waals surface area contributed by atoms with Crippen LogP contribution in [0.25, 0.3) is 0 Å². The summed E-state index contributed by atoms with van der Waals surface area (Å²) in [4.78, 5) is 30.7. The van der Waals surface area contributed by atoms with Gasteiger partial charge in [0.1, 0.15) is 0 Å². The molecule has 1 saturated heterocycles. The van der Waals surface area contributed by atoms with Crippen molar-refractivity contribution in [1.29, 1.82) is 0 Å². The summed E-state index contributed by atoms with van der Waals surface area (Å²) in [5, 5.41) is 9.71. The fourth-order valence-electron chi connectivity index (χ4n) is 2.42. The van der Waals surface area contributed by atoms with Crippen LogP contribution >= 0.6 is 0 Å². The van der Waals surface area contributed by atoms with Crippen LogP contribution in [0, 0.1) is 0 Å². The first-order valence-corrected chi connectivity index (χ1v) is 8.43. The number of anilines is 1. The molecule has 25 heavy (non-hydrogen) atoms. The molecule has 1 heterocycles. The maximum Gasteiger partial charge on any atom is 0.321 e. The lowest BCUT2D eigenvalue weighted by atomic mass is 10.1. The fraction of sp³-hybridized carbons (Fsp3) is 0.500. The normalized spacial score (nSPS) is 14.7. The average molecular weight is 346 g/mol. The topological polar surface area (TPSA) is 83.0 Å². The lowest BCUT2D eigenvalue weighted by molar-refractivity contribution is -0.127. The minimum Gasteiger partial charge on any atom is -0.386 e. The summed E-state index contributed by atoms with van der Waals surface area (Å²) in [6.07, 6.45) is 1.28. The van der Waals surface area contributed by atoms with Crippen LogP contribution < -0.4 is 10.6 Å². The number of carbonyl (C=O) groups excluding carboxylic acids is 2. The van der Waals surface area contributed by atoms with Gasteiger partial charge in [-0.2, -0.15) is 0 Å². The number of likely N-dealkylation sites (tertiary alicyclic amines) is 1. The van der Waals surface area contributed by atoms with Gasteiger partial charge in [0.25, 0.3) is 5.91 Å². The number of piperidine rings is 1. The van der Waals surface area contributed by atoms with Gasteiger partial charge in [-0.3, -0.25) is 4.79 Å². The number of amides is 3. The summed E-state index contributed by atoms with van der Waals surface area (Å²) in [7, 11) is 0. The van der Waals surface area contributed by atoms with E-state index in [1.807, 2.05) is 51.1 Å². The van der Waals surface area contributed by atoms with Crippen LogP contribution in [0.5, 0.6) is 0 Å². The number of nitrogens with one attached hydrogen (secondary N) is 2. The molecule has 136 valence electrons. The summed E-state index contributed by atoms with van der Waals surface area (Å²) in [5.74, 6) is -0.198. The molecule has 0 bridgehead atoms. The quantitative estimate of drug-likeness (QED) is 0.822. The molecule has 0 unspecified atom stereocenters. The number of benzene rings is 1. The second-order valence-corrected chi connectivity index (χ2v) is 7.01. The van der Waals surface area contributed by atoms with Crippen LogP contribution in [-0.4, -0.2) is 47.8 Å².